The third-order valence-corrected chi connectivity index (χ3v) is 6.07. The molecule has 0 aliphatic carbocycles. The molecule has 0 spiro atoms. The zero-order valence-corrected chi connectivity index (χ0v) is 14.2. The van der Waals surface area contributed by atoms with Crippen LogP contribution in [0.2, 0.25) is 0 Å². The van der Waals surface area contributed by atoms with Crippen molar-refractivity contribution in [1.29, 1.82) is 0 Å². The Kier molecular flexibility index (Phi) is 4.29. The molecule has 0 amide bonds. The van der Waals surface area contributed by atoms with Gasteiger partial charge >= 0.3 is 0 Å². The molecule has 4 heterocycles. The number of nitrogens with zero attached hydrogens (tertiary/aromatic N) is 4. The van der Waals surface area contributed by atoms with E-state index < -0.39 is 0 Å². The number of anilines is 1. The number of hydrogen-bond acceptors (Lipinski definition) is 7. The number of thiophene rings is 1. The maximum absolute atomic E-state index is 6.03. The fraction of sp³-hybridized carbons (Fsp3) is 0.357. The van der Waals surface area contributed by atoms with Crippen LogP contribution in [0.25, 0.3) is 0 Å². The maximum Gasteiger partial charge on any atom is 0.225 e. The zero-order valence-electron chi connectivity index (χ0n) is 11.8. The van der Waals surface area contributed by atoms with Gasteiger partial charge in [-0.1, -0.05) is 17.8 Å². The van der Waals surface area contributed by atoms with Gasteiger partial charge < -0.3 is 10.6 Å². The van der Waals surface area contributed by atoms with Gasteiger partial charge in [-0.15, -0.1) is 23.7 Å². The Labute approximate surface area is 143 Å². The number of hydrogen-bond donors (Lipinski definition) is 1. The molecule has 2 N–H and O–H groups in total. The van der Waals surface area contributed by atoms with Crippen LogP contribution in [-0.2, 0) is 5.54 Å². The predicted octanol–water partition coefficient (Wildman–Crippen LogP) is 2.35. The molecule has 1 fully saturated rings. The third kappa shape index (κ3) is 2.47. The molecule has 2 atom stereocenters. The standard InChI is InChI=1S/C14H15N5S2.ClH/c15-12-18-14(11-3-1-6-20-11)9-19(7-10(14)8-21-12)13-16-4-2-5-17-13;/h1-6,10H,7-9H2,(H2,15,18);1H/t10-,14-;/m0./s1. The van der Waals surface area contributed by atoms with Gasteiger partial charge in [0.05, 0.1) is 6.54 Å². The SMILES string of the molecule is Cl.NC1=N[C@@]2(c3cccs3)CN(c3ncccn3)C[C@H]2CS1. The van der Waals surface area contributed by atoms with Crippen molar-refractivity contribution in [3.63, 3.8) is 0 Å². The van der Waals surface area contributed by atoms with Gasteiger partial charge in [-0.2, -0.15) is 0 Å². The van der Waals surface area contributed by atoms with Crippen molar-refractivity contribution in [2.45, 2.75) is 5.54 Å². The maximum atomic E-state index is 6.03. The summed E-state index contributed by atoms with van der Waals surface area (Å²) in [5.41, 5.74) is 5.80. The van der Waals surface area contributed by atoms with Crippen LogP contribution in [-0.4, -0.2) is 34.0 Å². The van der Waals surface area contributed by atoms with E-state index in [2.05, 4.69) is 32.4 Å². The first-order valence-corrected chi connectivity index (χ1v) is 8.68. The Morgan fingerprint density at radius 3 is 2.82 bits per heavy atom. The lowest BCUT2D eigenvalue weighted by Gasteiger charge is -2.33. The second-order valence-electron chi connectivity index (χ2n) is 5.29. The minimum Gasteiger partial charge on any atom is -0.379 e. The van der Waals surface area contributed by atoms with Gasteiger partial charge in [-0.25, -0.2) is 15.0 Å². The molecule has 0 saturated carbocycles. The highest BCUT2D eigenvalue weighted by Gasteiger charge is 2.51. The number of nitrogens with two attached hydrogens (primary N) is 1. The van der Waals surface area contributed by atoms with Crippen LogP contribution in [0.1, 0.15) is 4.88 Å². The van der Waals surface area contributed by atoms with E-state index >= 15 is 0 Å². The van der Waals surface area contributed by atoms with Gasteiger partial charge in [-0.3, -0.25) is 0 Å². The van der Waals surface area contributed by atoms with Crippen LogP contribution in [0, 0.1) is 5.92 Å². The van der Waals surface area contributed by atoms with E-state index in [1.807, 2.05) is 6.07 Å². The number of amidine groups is 1. The average Bonchev–Trinajstić information content (AvgIpc) is 3.15. The minimum atomic E-state index is -0.233. The molecule has 1 saturated heterocycles. The quantitative estimate of drug-likeness (QED) is 0.897. The van der Waals surface area contributed by atoms with Crippen LogP contribution in [0.15, 0.2) is 41.0 Å². The summed E-state index contributed by atoms with van der Waals surface area (Å²) in [5, 5.41) is 2.80. The molecule has 5 nitrogen and oxygen atoms in total. The first-order valence-electron chi connectivity index (χ1n) is 6.82. The summed E-state index contributed by atoms with van der Waals surface area (Å²) >= 11 is 3.41. The molecular weight excluding hydrogens is 338 g/mol. The summed E-state index contributed by atoms with van der Waals surface area (Å²) in [6, 6.07) is 6.09. The van der Waals surface area contributed by atoms with E-state index in [1.54, 1.807) is 35.5 Å². The fourth-order valence-electron chi connectivity index (χ4n) is 3.10. The van der Waals surface area contributed by atoms with Gasteiger partial charge in [0.15, 0.2) is 5.17 Å². The summed E-state index contributed by atoms with van der Waals surface area (Å²) in [6.45, 7) is 1.72. The summed E-state index contributed by atoms with van der Waals surface area (Å²) < 4.78 is 0. The molecule has 4 rings (SSSR count). The smallest absolute Gasteiger partial charge is 0.225 e. The van der Waals surface area contributed by atoms with Crippen LogP contribution in [0.3, 0.4) is 0 Å². The molecule has 0 bridgehead atoms. The number of fused-ring (bicyclic) bond motifs is 1. The third-order valence-electron chi connectivity index (χ3n) is 4.07. The van der Waals surface area contributed by atoms with Crippen molar-refractivity contribution >= 4 is 46.6 Å². The van der Waals surface area contributed by atoms with Crippen molar-refractivity contribution in [2.24, 2.45) is 16.6 Å². The van der Waals surface area contributed by atoms with Crippen molar-refractivity contribution in [3.05, 3.63) is 40.8 Å². The van der Waals surface area contributed by atoms with Gasteiger partial charge in [0.2, 0.25) is 5.95 Å². The second kappa shape index (κ2) is 6.06. The van der Waals surface area contributed by atoms with Gasteiger partial charge in [0.1, 0.15) is 5.54 Å². The predicted molar refractivity (Wildman–Crippen MR) is 95.1 cm³/mol. The van der Waals surface area contributed by atoms with Crippen molar-refractivity contribution in [2.75, 3.05) is 23.7 Å². The van der Waals surface area contributed by atoms with Gasteiger partial charge in [0.25, 0.3) is 0 Å². The molecule has 2 aromatic heterocycles. The molecule has 0 unspecified atom stereocenters. The molecule has 8 heteroatoms. The Hall–Kier alpha value is -1.31. The Morgan fingerprint density at radius 1 is 1.27 bits per heavy atom. The Morgan fingerprint density at radius 2 is 2.09 bits per heavy atom. The lowest BCUT2D eigenvalue weighted by Crippen LogP contribution is -2.39. The molecule has 22 heavy (non-hydrogen) atoms. The average molecular weight is 354 g/mol. The first-order chi connectivity index (χ1) is 10.3. The number of rotatable bonds is 2. The molecule has 0 aromatic carbocycles. The second-order valence-corrected chi connectivity index (χ2v) is 7.28. The summed E-state index contributed by atoms with van der Waals surface area (Å²) in [7, 11) is 0. The number of halogens is 1. The van der Waals surface area contributed by atoms with Crippen LogP contribution < -0.4 is 10.6 Å². The van der Waals surface area contributed by atoms with E-state index in [0.29, 0.717) is 11.1 Å². The fourth-order valence-corrected chi connectivity index (χ4v) is 5.02. The monoisotopic (exact) mass is 353 g/mol. The van der Waals surface area contributed by atoms with Crippen LogP contribution in [0.5, 0.6) is 0 Å². The molecule has 0 radical (unpaired) electrons. The van der Waals surface area contributed by atoms with Gasteiger partial charge in [0, 0.05) is 35.5 Å². The number of thioether (sulfide) groups is 1. The zero-order chi connectivity index (χ0) is 14.3. The van der Waals surface area contributed by atoms with Crippen molar-refractivity contribution in [3.8, 4) is 0 Å². The molecule has 2 aromatic rings. The summed E-state index contributed by atoms with van der Waals surface area (Å²) in [5.74, 6) is 2.22. The highest BCUT2D eigenvalue weighted by molar-refractivity contribution is 8.13. The molecular formula is C14H16ClN5S2. The summed E-state index contributed by atoms with van der Waals surface area (Å²) in [4.78, 5) is 17.1. The minimum absolute atomic E-state index is 0. The summed E-state index contributed by atoms with van der Waals surface area (Å²) in [6.07, 6.45) is 3.57. The topological polar surface area (TPSA) is 67.4 Å². The van der Waals surface area contributed by atoms with Crippen LogP contribution in [0.4, 0.5) is 5.95 Å². The van der Waals surface area contributed by atoms with Crippen molar-refractivity contribution < 1.29 is 0 Å². The van der Waals surface area contributed by atoms with Crippen molar-refractivity contribution in [1.82, 2.24) is 9.97 Å². The van der Waals surface area contributed by atoms with Crippen LogP contribution >= 0.6 is 35.5 Å². The Balaban J connectivity index is 0.00000144. The van der Waals surface area contributed by atoms with Gasteiger partial charge in [-0.05, 0) is 17.5 Å². The molecule has 2 aliphatic heterocycles. The highest BCUT2D eigenvalue weighted by atomic mass is 35.5. The van der Waals surface area contributed by atoms with E-state index in [1.165, 1.54) is 4.88 Å². The highest BCUT2D eigenvalue weighted by Crippen LogP contribution is 2.47. The van der Waals surface area contributed by atoms with E-state index in [9.17, 15) is 0 Å². The lowest BCUT2D eigenvalue weighted by molar-refractivity contribution is 0.395. The van der Waals surface area contributed by atoms with E-state index in [0.717, 1.165) is 24.8 Å². The largest absolute Gasteiger partial charge is 0.379 e. The van der Waals surface area contributed by atoms with E-state index in [-0.39, 0.29) is 17.9 Å². The number of aliphatic imine (C=N–C) groups is 1. The molecule has 2 aliphatic rings. The van der Waals surface area contributed by atoms with E-state index in [4.69, 9.17) is 10.7 Å². The lowest BCUT2D eigenvalue weighted by atomic mass is 9.87. The Bertz CT molecular complexity index is 663. The normalized spacial score (nSPS) is 27.0. The molecule has 116 valence electrons. The number of aromatic nitrogens is 2. The first kappa shape index (κ1) is 15.6.